The van der Waals surface area contributed by atoms with Gasteiger partial charge in [0.1, 0.15) is 16.8 Å². The highest BCUT2D eigenvalue weighted by Gasteiger charge is 2.33. The number of pyridine rings is 4. The van der Waals surface area contributed by atoms with Gasteiger partial charge >= 0.3 is 5.97 Å². The quantitative estimate of drug-likeness (QED) is 0.103. The molecule has 1 amide bonds. The fourth-order valence-corrected chi connectivity index (χ4v) is 9.29. The number of rotatable bonds is 5. The van der Waals surface area contributed by atoms with Crippen LogP contribution in [0.4, 0.5) is 0 Å². The van der Waals surface area contributed by atoms with Gasteiger partial charge in [0.05, 0.1) is 57.6 Å². The Hall–Kier alpha value is -8.91. The van der Waals surface area contributed by atoms with Gasteiger partial charge in [-0.3, -0.25) is 19.7 Å². The third kappa shape index (κ3) is 7.56. The van der Waals surface area contributed by atoms with Gasteiger partial charge in [-0.15, -0.1) is 0 Å². The summed E-state index contributed by atoms with van der Waals surface area (Å²) in [6.45, 7) is 0. The summed E-state index contributed by atoms with van der Waals surface area (Å²) in [5.41, 5.74) is 22.5. The van der Waals surface area contributed by atoms with Crippen molar-refractivity contribution in [2.75, 3.05) is 0 Å². The van der Waals surface area contributed by atoms with Crippen LogP contribution in [0.3, 0.4) is 0 Å². The first-order chi connectivity index (χ1) is 33.3. The van der Waals surface area contributed by atoms with E-state index < -0.39 is 5.97 Å². The Morgan fingerprint density at radius 3 is 1.82 bits per heavy atom. The molecular weight excluding hydrogens is 872 g/mol. The number of nitrogens with one attached hydrogen (secondary N) is 3. The Balaban J connectivity index is 0.000000122. The van der Waals surface area contributed by atoms with Crippen molar-refractivity contribution in [3.8, 4) is 45.0 Å². The molecule has 0 bridgehead atoms. The van der Waals surface area contributed by atoms with Gasteiger partial charge in [-0.1, -0.05) is 109 Å². The van der Waals surface area contributed by atoms with E-state index in [1.54, 1.807) is 73.4 Å². The molecule has 2 unspecified atom stereocenters. The molecule has 2 aliphatic carbocycles. The number of hydrogen-bond acceptors (Lipinski definition) is 9. The van der Waals surface area contributed by atoms with Crippen LogP contribution in [-0.2, 0) is 0 Å². The summed E-state index contributed by atoms with van der Waals surface area (Å²) in [4.78, 5) is 56.4. The van der Waals surface area contributed by atoms with Crippen molar-refractivity contribution >= 4 is 56.4 Å². The monoisotopic (exact) mass is 908 g/mol. The Bertz CT molecular complexity index is 3680. The molecule has 6 heterocycles. The number of fused-ring (bicyclic) bond motifs is 9. The van der Waals surface area contributed by atoms with Gasteiger partial charge in [-0.05, 0) is 87.0 Å². The van der Waals surface area contributed by atoms with Gasteiger partial charge in [0.2, 0.25) is 0 Å². The molecule has 6 aromatic heterocycles. The van der Waals surface area contributed by atoms with Crippen molar-refractivity contribution < 1.29 is 14.7 Å². The molecule has 68 heavy (non-hydrogen) atoms. The van der Waals surface area contributed by atoms with Gasteiger partial charge in [0.15, 0.2) is 0 Å². The molecule has 13 nitrogen and oxygen atoms in total. The van der Waals surface area contributed by atoms with Crippen molar-refractivity contribution in [3.63, 3.8) is 0 Å². The number of aromatic nitrogens is 8. The number of nitrogens with two attached hydrogens (primary N) is 1. The third-order valence-electron chi connectivity index (χ3n) is 12.2. The summed E-state index contributed by atoms with van der Waals surface area (Å²) < 4.78 is 0. The average molecular weight is 909 g/mol. The molecule has 11 aromatic rings. The van der Waals surface area contributed by atoms with Crippen LogP contribution >= 0.6 is 11.6 Å². The maximum atomic E-state index is 13.0. The smallest absolute Gasteiger partial charge is 0.336 e. The zero-order valence-corrected chi connectivity index (χ0v) is 36.6. The minimum atomic E-state index is -0.918. The number of aromatic amines is 2. The fraction of sp³-hybridized carbons (Fsp3) is 0.0370. The average Bonchev–Trinajstić information content (AvgIpc) is 4.16. The molecule has 0 spiro atoms. The van der Waals surface area contributed by atoms with Crippen LogP contribution in [0.25, 0.3) is 78.0 Å². The lowest BCUT2D eigenvalue weighted by Gasteiger charge is -2.16. The van der Waals surface area contributed by atoms with Crippen LogP contribution in [0.1, 0.15) is 55.1 Å². The Morgan fingerprint density at radius 2 is 1.16 bits per heavy atom. The number of carboxylic acids is 1. The maximum Gasteiger partial charge on any atom is 0.336 e. The Labute approximate surface area is 392 Å². The van der Waals surface area contributed by atoms with Gasteiger partial charge in [-0.25, -0.2) is 19.7 Å². The van der Waals surface area contributed by atoms with Crippen LogP contribution in [0.15, 0.2) is 177 Å². The molecule has 0 saturated heterocycles. The number of hydrogen-bond donors (Lipinski definition) is 5. The summed E-state index contributed by atoms with van der Waals surface area (Å²) in [6.07, 6.45) is 10.2. The van der Waals surface area contributed by atoms with E-state index in [0.717, 1.165) is 72.7 Å². The van der Waals surface area contributed by atoms with Gasteiger partial charge in [0, 0.05) is 46.9 Å². The lowest BCUT2D eigenvalue weighted by molar-refractivity contribution is 0.0698. The zero-order chi connectivity index (χ0) is 46.3. The van der Waals surface area contributed by atoms with Crippen molar-refractivity contribution in [3.05, 3.63) is 215 Å². The Morgan fingerprint density at radius 1 is 0.574 bits per heavy atom. The first kappa shape index (κ1) is 41.8. The van der Waals surface area contributed by atoms with E-state index in [0.29, 0.717) is 22.0 Å². The van der Waals surface area contributed by atoms with Gasteiger partial charge in [0.25, 0.3) is 5.91 Å². The number of imidazole rings is 2. The van der Waals surface area contributed by atoms with Crippen molar-refractivity contribution in [1.29, 1.82) is 0 Å². The molecule has 0 radical (unpaired) electrons. The number of carboxylic acid groups (broad SMARTS) is 1. The first-order valence-corrected chi connectivity index (χ1v) is 22.0. The second-order valence-corrected chi connectivity index (χ2v) is 16.5. The molecule has 0 aliphatic heterocycles. The summed E-state index contributed by atoms with van der Waals surface area (Å²) in [6, 6.07) is 44.0. The van der Waals surface area contributed by atoms with Crippen LogP contribution < -0.4 is 11.1 Å². The van der Waals surface area contributed by atoms with Crippen molar-refractivity contribution in [2.45, 2.75) is 12.1 Å². The number of amides is 1. The summed E-state index contributed by atoms with van der Waals surface area (Å²) in [5, 5.41) is 13.0. The number of H-pyrrole nitrogens is 2. The third-order valence-corrected chi connectivity index (χ3v) is 12.4. The number of carbonyl (C=O) groups excluding carboxylic acids is 1. The van der Waals surface area contributed by atoms with Crippen molar-refractivity contribution in [2.24, 2.45) is 5.73 Å². The van der Waals surface area contributed by atoms with E-state index in [4.69, 9.17) is 32.4 Å². The van der Waals surface area contributed by atoms with E-state index in [9.17, 15) is 9.59 Å². The van der Waals surface area contributed by atoms with E-state index in [1.165, 1.54) is 22.9 Å². The zero-order valence-electron chi connectivity index (χ0n) is 35.8. The second-order valence-electron chi connectivity index (χ2n) is 16.1. The van der Waals surface area contributed by atoms with Crippen LogP contribution in [0.2, 0.25) is 5.15 Å². The lowest BCUT2D eigenvalue weighted by atomic mass is 9.98. The molecule has 2 aliphatic rings. The highest BCUT2D eigenvalue weighted by molar-refractivity contribution is 6.29. The van der Waals surface area contributed by atoms with Crippen LogP contribution in [0.5, 0.6) is 0 Å². The highest BCUT2D eigenvalue weighted by atomic mass is 35.5. The van der Waals surface area contributed by atoms with E-state index in [2.05, 4.69) is 71.6 Å². The first-order valence-electron chi connectivity index (χ1n) is 21.6. The largest absolute Gasteiger partial charge is 0.478 e. The predicted molar refractivity (Wildman–Crippen MR) is 263 cm³/mol. The maximum absolute atomic E-state index is 13.0. The molecule has 5 aromatic carbocycles. The van der Waals surface area contributed by atoms with Crippen LogP contribution in [-0.4, -0.2) is 56.9 Å². The predicted octanol–water partition coefficient (Wildman–Crippen LogP) is 10.8. The standard InChI is InChI=1S/C25H16ClN5O.C19H14N4.C10H7NO2/c26-21-12-14(8-11-28-21)25(32)31-23-16-5-2-1-4-15(16)22-17(23)6-3-7-18(22)24-29-19-9-10-27-13-20(19)30-24;20-18-12-5-2-1-4-11(12)17-13(18)6-3-7-14(17)19-22-15-8-9-21-10-16(15)23-19;12-10(13)8-3-1-5-9-7(8)4-2-6-11-9/h1-13,23H,(H,29,30)(H,31,32);1-10,18H,20H2,(H,22,23);1-6H,(H,12,13). The second kappa shape index (κ2) is 17.5. The van der Waals surface area contributed by atoms with E-state index >= 15 is 0 Å². The number of benzene rings is 5. The summed E-state index contributed by atoms with van der Waals surface area (Å²) in [7, 11) is 0. The van der Waals surface area contributed by atoms with Gasteiger partial charge < -0.3 is 26.1 Å². The van der Waals surface area contributed by atoms with E-state index in [1.807, 2.05) is 60.7 Å². The van der Waals surface area contributed by atoms with Gasteiger partial charge in [-0.2, -0.15) is 0 Å². The molecule has 13 rings (SSSR count). The normalized spacial score (nSPS) is 13.9. The molecular formula is C54H37ClN10O3. The minimum Gasteiger partial charge on any atom is -0.478 e. The number of nitrogens with zero attached hydrogens (tertiary/aromatic N) is 6. The van der Waals surface area contributed by atoms with Crippen molar-refractivity contribution in [1.82, 2.24) is 45.2 Å². The molecule has 6 N–H and O–H groups in total. The SMILES string of the molecule is NC1c2ccccc2-c2c(-c3nc4ccncc4[nH]3)cccc21.O=C(NC1c2ccccc2-c2c(-c3nc4ccncc4[nH]3)cccc21)c1ccnc(Cl)c1.O=C(O)c1cccc2ncccc12. The molecule has 2 atom stereocenters. The van der Waals surface area contributed by atoms with E-state index in [-0.39, 0.29) is 23.1 Å². The summed E-state index contributed by atoms with van der Waals surface area (Å²) in [5.74, 6) is 0.502. The Kier molecular flexibility index (Phi) is 10.7. The molecule has 14 heteroatoms. The van der Waals surface area contributed by atoms with Crippen LogP contribution in [0, 0.1) is 0 Å². The number of aromatic carboxylic acids is 1. The highest BCUT2D eigenvalue weighted by Crippen LogP contribution is 2.48. The molecule has 0 fully saturated rings. The molecule has 328 valence electrons. The molecule has 0 saturated carbocycles. The topological polar surface area (TPSA) is 201 Å². The minimum absolute atomic E-state index is 0.0767. The number of carbonyl (C=O) groups is 2. The fourth-order valence-electron chi connectivity index (χ4n) is 9.12. The summed E-state index contributed by atoms with van der Waals surface area (Å²) >= 11 is 5.98. The number of halogens is 1. The lowest BCUT2D eigenvalue weighted by Crippen LogP contribution is -2.28.